The second-order valence-electron chi connectivity index (χ2n) is 3.20. The van der Waals surface area contributed by atoms with Gasteiger partial charge >= 0.3 is 0 Å². The summed E-state index contributed by atoms with van der Waals surface area (Å²) in [5, 5.41) is 3.33. The van der Waals surface area contributed by atoms with Gasteiger partial charge in [0, 0.05) is 54.5 Å². The third-order valence-electron chi connectivity index (χ3n) is 2.46. The second kappa shape index (κ2) is 3.21. The molecule has 2 aliphatic rings. The van der Waals surface area contributed by atoms with Gasteiger partial charge in [-0.05, 0) is 0 Å². The molecule has 0 amide bonds. The molecule has 2 unspecified atom stereocenters. The van der Waals surface area contributed by atoms with E-state index < -0.39 is 10.8 Å². The molecular weight excluding hydrogens is 160 g/mol. The van der Waals surface area contributed by atoms with E-state index in [2.05, 4.69) is 10.2 Å². The van der Waals surface area contributed by atoms with E-state index in [0.717, 1.165) is 37.7 Å². The van der Waals surface area contributed by atoms with Crippen LogP contribution in [0.15, 0.2) is 0 Å². The van der Waals surface area contributed by atoms with Crippen LogP contribution in [0.5, 0.6) is 0 Å². The molecule has 3 nitrogen and oxygen atoms in total. The number of fused-ring (bicyclic) bond motifs is 1. The molecule has 2 atom stereocenters. The van der Waals surface area contributed by atoms with Crippen LogP contribution in [0.1, 0.15) is 0 Å². The third-order valence-corrected chi connectivity index (χ3v) is 3.85. The number of nitrogens with zero attached hydrogens (tertiary/aromatic N) is 1. The fourth-order valence-electron chi connectivity index (χ4n) is 1.78. The normalized spacial score (nSPS) is 40.0. The van der Waals surface area contributed by atoms with Gasteiger partial charge in [0.05, 0.1) is 0 Å². The first-order chi connectivity index (χ1) is 5.36. The molecule has 0 aliphatic carbocycles. The van der Waals surface area contributed by atoms with Gasteiger partial charge in [-0.15, -0.1) is 0 Å². The molecular formula is C7H14N2OS. The number of piperazine rings is 1. The zero-order valence-electron chi connectivity index (χ0n) is 6.58. The van der Waals surface area contributed by atoms with Crippen LogP contribution in [-0.2, 0) is 10.8 Å². The molecule has 0 bridgehead atoms. The lowest BCUT2D eigenvalue weighted by molar-refractivity contribution is 0.180. The molecule has 11 heavy (non-hydrogen) atoms. The number of nitrogens with one attached hydrogen (secondary N) is 1. The minimum Gasteiger partial charge on any atom is -0.314 e. The highest BCUT2D eigenvalue weighted by molar-refractivity contribution is 7.85. The molecule has 0 saturated carbocycles. The van der Waals surface area contributed by atoms with Crippen LogP contribution in [0.2, 0.25) is 0 Å². The first-order valence-electron chi connectivity index (χ1n) is 4.16. The summed E-state index contributed by atoms with van der Waals surface area (Å²) in [6.07, 6.45) is 0. The van der Waals surface area contributed by atoms with Gasteiger partial charge in [0.2, 0.25) is 0 Å². The Bertz CT molecular complexity index is 174. The number of hydrogen-bond donors (Lipinski definition) is 1. The minimum absolute atomic E-state index is 0.540. The summed E-state index contributed by atoms with van der Waals surface area (Å²) in [5.74, 6) is 1.77. The Morgan fingerprint density at radius 3 is 3.27 bits per heavy atom. The van der Waals surface area contributed by atoms with Crippen LogP contribution >= 0.6 is 0 Å². The first kappa shape index (κ1) is 7.71. The second-order valence-corrected chi connectivity index (χ2v) is 4.83. The van der Waals surface area contributed by atoms with Crippen LogP contribution in [-0.4, -0.2) is 52.8 Å². The lowest BCUT2D eigenvalue weighted by Crippen LogP contribution is -2.57. The quantitative estimate of drug-likeness (QED) is 0.512. The molecule has 2 fully saturated rings. The van der Waals surface area contributed by atoms with E-state index in [1.54, 1.807) is 0 Å². The van der Waals surface area contributed by atoms with Crippen molar-refractivity contribution in [3.05, 3.63) is 0 Å². The van der Waals surface area contributed by atoms with E-state index in [0.29, 0.717) is 6.04 Å². The van der Waals surface area contributed by atoms with Crippen molar-refractivity contribution in [3.63, 3.8) is 0 Å². The summed E-state index contributed by atoms with van der Waals surface area (Å²) < 4.78 is 11.2. The standard InChI is InChI=1S/C7H14N2OS/c10-11-4-3-9-2-1-8-5-7(9)6-11/h7-8H,1-6H2. The van der Waals surface area contributed by atoms with Crippen LogP contribution < -0.4 is 5.32 Å². The Labute approximate surface area is 69.6 Å². The van der Waals surface area contributed by atoms with Gasteiger partial charge < -0.3 is 5.32 Å². The number of hydrogen-bond acceptors (Lipinski definition) is 3. The Morgan fingerprint density at radius 2 is 2.36 bits per heavy atom. The molecule has 4 heteroatoms. The molecule has 0 spiro atoms. The average molecular weight is 174 g/mol. The van der Waals surface area contributed by atoms with Crippen LogP contribution in [0.4, 0.5) is 0 Å². The molecule has 64 valence electrons. The van der Waals surface area contributed by atoms with Gasteiger partial charge in [0.25, 0.3) is 0 Å². The van der Waals surface area contributed by atoms with Crippen molar-refractivity contribution >= 4 is 10.8 Å². The van der Waals surface area contributed by atoms with E-state index in [1.165, 1.54) is 0 Å². The fraction of sp³-hybridized carbons (Fsp3) is 1.00. The van der Waals surface area contributed by atoms with E-state index in [-0.39, 0.29) is 0 Å². The monoisotopic (exact) mass is 174 g/mol. The van der Waals surface area contributed by atoms with Gasteiger partial charge in [0.15, 0.2) is 0 Å². The summed E-state index contributed by atoms with van der Waals surface area (Å²) in [5.41, 5.74) is 0. The average Bonchev–Trinajstić information content (AvgIpc) is 2.04. The third kappa shape index (κ3) is 1.63. The van der Waals surface area contributed by atoms with Crippen molar-refractivity contribution < 1.29 is 4.21 Å². The summed E-state index contributed by atoms with van der Waals surface area (Å²) in [7, 11) is -0.540. The van der Waals surface area contributed by atoms with E-state index >= 15 is 0 Å². The lowest BCUT2D eigenvalue weighted by Gasteiger charge is -2.38. The fourth-order valence-corrected chi connectivity index (χ4v) is 3.14. The summed E-state index contributed by atoms with van der Waals surface area (Å²) >= 11 is 0. The SMILES string of the molecule is O=S1CCN2CCNCC2C1. The number of rotatable bonds is 0. The summed E-state index contributed by atoms with van der Waals surface area (Å²) in [4.78, 5) is 2.46. The topological polar surface area (TPSA) is 32.3 Å². The smallest absolute Gasteiger partial charge is 0.0403 e. The predicted molar refractivity (Wildman–Crippen MR) is 46.1 cm³/mol. The molecule has 0 radical (unpaired) electrons. The van der Waals surface area contributed by atoms with Crippen molar-refractivity contribution in [2.75, 3.05) is 37.7 Å². The zero-order chi connectivity index (χ0) is 7.68. The maximum Gasteiger partial charge on any atom is 0.0403 e. The van der Waals surface area contributed by atoms with Crippen molar-refractivity contribution in [3.8, 4) is 0 Å². The van der Waals surface area contributed by atoms with Gasteiger partial charge in [0.1, 0.15) is 0 Å². The van der Waals surface area contributed by atoms with Gasteiger partial charge in [-0.1, -0.05) is 0 Å². The Morgan fingerprint density at radius 1 is 1.45 bits per heavy atom. The molecule has 0 aromatic heterocycles. The molecule has 2 aliphatic heterocycles. The zero-order valence-corrected chi connectivity index (χ0v) is 7.40. The Balaban J connectivity index is 1.98. The highest BCUT2D eigenvalue weighted by Gasteiger charge is 2.27. The maximum absolute atomic E-state index is 11.2. The largest absolute Gasteiger partial charge is 0.314 e. The van der Waals surface area contributed by atoms with Crippen LogP contribution in [0, 0.1) is 0 Å². The van der Waals surface area contributed by atoms with Gasteiger partial charge in [-0.2, -0.15) is 0 Å². The maximum atomic E-state index is 11.2. The molecule has 2 heterocycles. The van der Waals surface area contributed by atoms with Crippen molar-refractivity contribution in [1.29, 1.82) is 0 Å². The first-order valence-corrected chi connectivity index (χ1v) is 5.65. The highest BCUT2D eigenvalue weighted by atomic mass is 32.2. The molecule has 0 aromatic rings. The molecule has 1 N–H and O–H groups in total. The molecule has 2 rings (SSSR count). The van der Waals surface area contributed by atoms with Crippen molar-refractivity contribution in [1.82, 2.24) is 10.2 Å². The minimum atomic E-state index is -0.540. The lowest BCUT2D eigenvalue weighted by atomic mass is 10.2. The highest BCUT2D eigenvalue weighted by Crippen LogP contribution is 2.09. The summed E-state index contributed by atoms with van der Waals surface area (Å²) in [6, 6.07) is 0.554. The Hall–Kier alpha value is 0.0700. The van der Waals surface area contributed by atoms with Crippen LogP contribution in [0.3, 0.4) is 0 Å². The van der Waals surface area contributed by atoms with Crippen LogP contribution in [0.25, 0.3) is 0 Å². The van der Waals surface area contributed by atoms with E-state index in [4.69, 9.17) is 0 Å². The van der Waals surface area contributed by atoms with Gasteiger partial charge in [-0.3, -0.25) is 9.11 Å². The van der Waals surface area contributed by atoms with E-state index in [9.17, 15) is 4.21 Å². The predicted octanol–water partition coefficient (Wildman–Crippen LogP) is -0.977. The van der Waals surface area contributed by atoms with E-state index in [1.807, 2.05) is 0 Å². The van der Waals surface area contributed by atoms with Crippen molar-refractivity contribution in [2.24, 2.45) is 0 Å². The van der Waals surface area contributed by atoms with Crippen molar-refractivity contribution in [2.45, 2.75) is 6.04 Å². The molecule has 0 aromatic carbocycles. The summed E-state index contributed by atoms with van der Waals surface area (Å²) in [6.45, 7) is 4.32. The molecule has 2 saturated heterocycles. The van der Waals surface area contributed by atoms with Gasteiger partial charge in [-0.25, -0.2) is 0 Å². The Kier molecular flexibility index (Phi) is 2.25.